The number of nitro benzene ring substituents is 1. The third-order valence-electron chi connectivity index (χ3n) is 4.83. The van der Waals surface area contributed by atoms with Gasteiger partial charge >= 0.3 is 5.69 Å². The minimum absolute atomic E-state index is 0.00505. The smallest absolute Gasteiger partial charge is 0.311 e. The van der Waals surface area contributed by atoms with E-state index >= 15 is 0 Å². The number of amides is 2. The zero-order valence-electron chi connectivity index (χ0n) is 19.0. The lowest BCUT2D eigenvalue weighted by Gasteiger charge is -2.29. The molecule has 0 bridgehead atoms. The number of benzene rings is 2. The van der Waals surface area contributed by atoms with Crippen LogP contribution < -0.4 is 14.8 Å². The topological polar surface area (TPSA) is 111 Å². The molecule has 2 amide bonds. The predicted molar refractivity (Wildman–Crippen MR) is 119 cm³/mol. The van der Waals surface area contributed by atoms with Gasteiger partial charge in [-0.25, -0.2) is 4.39 Å². The van der Waals surface area contributed by atoms with E-state index in [2.05, 4.69) is 5.32 Å². The van der Waals surface area contributed by atoms with Crippen LogP contribution in [0.4, 0.5) is 10.1 Å². The minimum Gasteiger partial charge on any atom is -0.490 e. The molecule has 2 aromatic carbocycles. The summed E-state index contributed by atoms with van der Waals surface area (Å²) in [7, 11) is 1.29. The highest BCUT2D eigenvalue weighted by Gasteiger charge is 2.27. The third-order valence-corrected chi connectivity index (χ3v) is 4.83. The highest BCUT2D eigenvalue weighted by Crippen LogP contribution is 2.30. The molecule has 2 rings (SSSR count). The molecule has 0 spiro atoms. The van der Waals surface area contributed by atoms with Crippen molar-refractivity contribution in [2.75, 3.05) is 20.3 Å². The van der Waals surface area contributed by atoms with Crippen molar-refractivity contribution < 1.29 is 28.4 Å². The summed E-state index contributed by atoms with van der Waals surface area (Å²) in [6.07, 6.45) is 0. The van der Waals surface area contributed by atoms with Gasteiger partial charge in [-0.2, -0.15) is 0 Å². The average Bonchev–Trinajstić information content (AvgIpc) is 2.79. The van der Waals surface area contributed by atoms with Crippen molar-refractivity contribution in [2.45, 2.75) is 33.4 Å². The molecule has 178 valence electrons. The van der Waals surface area contributed by atoms with Crippen molar-refractivity contribution in [2.24, 2.45) is 5.92 Å². The molecule has 1 N–H and O–H groups in total. The molecule has 1 atom stereocenters. The van der Waals surface area contributed by atoms with E-state index in [0.717, 1.165) is 0 Å². The van der Waals surface area contributed by atoms with Crippen molar-refractivity contribution in [3.05, 3.63) is 64.0 Å². The van der Waals surface area contributed by atoms with Gasteiger partial charge in [-0.1, -0.05) is 26.0 Å². The van der Waals surface area contributed by atoms with Crippen LogP contribution in [0.2, 0.25) is 0 Å². The molecule has 9 nitrogen and oxygen atoms in total. The fraction of sp³-hybridized carbons (Fsp3) is 0.391. The van der Waals surface area contributed by atoms with Crippen LogP contribution >= 0.6 is 0 Å². The van der Waals surface area contributed by atoms with Gasteiger partial charge in [-0.15, -0.1) is 0 Å². The van der Waals surface area contributed by atoms with Crippen LogP contribution in [0.5, 0.6) is 11.5 Å². The van der Waals surface area contributed by atoms with E-state index < -0.39 is 29.3 Å². The van der Waals surface area contributed by atoms with Gasteiger partial charge in [0, 0.05) is 25.2 Å². The van der Waals surface area contributed by atoms with Crippen LogP contribution in [0.15, 0.2) is 42.5 Å². The van der Waals surface area contributed by atoms with E-state index in [0.29, 0.717) is 12.1 Å². The molecule has 0 aliphatic carbocycles. The quantitative estimate of drug-likeness (QED) is 0.406. The number of methoxy groups -OCH3 is 1. The summed E-state index contributed by atoms with van der Waals surface area (Å²) in [5.74, 6) is -0.781. The van der Waals surface area contributed by atoms with Gasteiger partial charge in [-0.05, 0) is 36.6 Å². The number of carbonyl (C=O) groups excluding carboxylic acids is 2. The SMILES string of the molecule is COc1cc(OCC(=O)N(Cc2ccc(F)cc2)[C@H](C)C(=O)NCC(C)C)ccc1[N+](=O)[O-]. The van der Waals surface area contributed by atoms with Gasteiger partial charge in [0.2, 0.25) is 11.7 Å². The first kappa shape index (κ1) is 25.6. The van der Waals surface area contributed by atoms with Crippen LogP contribution in [0.25, 0.3) is 0 Å². The van der Waals surface area contributed by atoms with E-state index in [1.165, 1.54) is 54.5 Å². The van der Waals surface area contributed by atoms with E-state index in [-0.39, 0.29) is 35.6 Å². The third kappa shape index (κ3) is 7.44. The molecule has 0 radical (unpaired) electrons. The molecule has 0 saturated heterocycles. The van der Waals surface area contributed by atoms with Crippen LogP contribution in [-0.4, -0.2) is 47.9 Å². The Morgan fingerprint density at radius 1 is 1.15 bits per heavy atom. The number of ether oxygens (including phenoxy) is 2. The zero-order valence-corrected chi connectivity index (χ0v) is 19.0. The van der Waals surface area contributed by atoms with Gasteiger partial charge in [0.1, 0.15) is 17.6 Å². The summed E-state index contributed by atoms with van der Waals surface area (Å²) >= 11 is 0. The normalized spacial score (nSPS) is 11.6. The van der Waals surface area contributed by atoms with Gasteiger partial charge in [-0.3, -0.25) is 19.7 Å². The Balaban J connectivity index is 2.17. The number of rotatable bonds is 11. The Morgan fingerprint density at radius 3 is 2.39 bits per heavy atom. The average molecular weight is 461 g/mol. The highest BCUT2D eigenvalue weighted by atomic mass is 19.1. The molecule has 33 heavy (non-hydrogen) atoms. The summed E-state index contributed by atoms with van der Waals surface area (Å²) in [6, 6.07) is 8.72. The van der Waals surface area contributed by atoms with Crippen molar-refractivity contribution in [3.63, 3.8) is 0 Å². The van der Waals surface area contributed by atoms with Gasteiger partial charge in [0.15, 0.2) is 6.61 Å². The zero-order chi connectivity index (χ0) is 24.5. The van der Waals surface area contributed by atoms with Gasteiger partial charge in [0.05, 0.1) is 12.0 Å². The second kappa shape index (κ2) is 11.8. The molecule has 0 aliphatic rings. The summed E-state index contributed by atoms with van der Waals surface area (Å²) in [5.41, 5.74) is 0.412. The lowest BCUT2D eigenvalue weighted by molar-refractivity contribution is -0.385. The Labute approximate surface area is 191 Å². The summed E-state index contributed by atoms with van der Waals surface area (Å²) < 4.78 is 23.8. The highest BCUT2D eigenvalue weighted by molar-refractivity contribution is 5.88. The number of nitrogens with one attached hydrogen (secondary N) is 1. The molecule has 2 aromatic rings. The van der Waals surface area contributed by atoms with Crippen molar-refractivity contribution in [1.82, 2.24) is 10.2 Å². The van der Waals surface area contributed by atoms with Gasteiger partial charge in [0.25, 0.3) is 5.91 Å². The first-order valence-corrected chi connectivity index (χ1v) is 10.4. The molecule has 10 heteroatoms. The maximum atomic E-state index is 13.3. The van der Waals surface area contributed by atoms with Crippen LogP contribution in [0, 0.1) is 21.8 Å². The predicted octanol–water partition coefficient (Wildman–Crippen LogP) is 3.31. The van der Waals surface area contributed by atoms with E-state index in [1.54, 1.807) is 6.92 Å². The Bertz CT molecular complexity index is 981. The number of hydrogen-bond acceptors (Lipinski definition) is 6. The van der Waals surface area contributed by atoms with Crippen molar-refractivity contribution in [3.8, 4) is 11.5 Å². The van der Waals surface area contributed by atoms with E-state index in [1.807, 2.05) is 13.8 Å². The molecular formula is C23H28FN3O6. The minimum atomic E-state index is -0.809. The molecule has 0 aliphatic heterocycles. The van der Waals surface area contributed by atoms with Crippen LogP contribution in [0.1, 0.15) is 26.3 Å². The molecule has 0 saturated carbocycles. The lowest BCUT2D eigenvalue weighted by atomic mass is 10.1. The van der Waals surface area contributed by atoms with Crippen molar-refractivity contribution >= 4 is 17.5 Å². The second-order valence-electron chi connectivity index (χ2n) is 7.84. The molecule has 0 heterocycles. The number of nitrogens with zero attached hydrogens (tertiary/aromatic N) is 2. The molecular weight excluding hydrogens is 433 g/mol. The summed E-state index contributed by atoms with van der Waals surface area (Å²) in [4.78, 5) is 37.4. The Hall–Kier alpha value is -3.69. The number of halogens is 1. The molecule has 0 fully saturated rings. The van der Waals surface area contributed by atoms with E-state index in [4.69, 9.17) is 9.47 Å². The number of carbonyl (C=O) groups is 2. The molecule has 0 aromatic heterocycles. The van der Waals surface area contributed by atoms with Crippen molar-refractivity contribution in [1.29, 1.82) is 0 Å². The fourth-order valence-corrected chi connectivity index (χ4v) is 2.95. The lowest BCUT2D eigenvalue weighted by Crippen LogP contribution is -2.49. The standard InChI is InChI=1S/C23H28FN3O6/c1-15(2)12-25-23(29)16(3)26(13-17-5-7-18(24)8-6-17)22(28)14-33-19-9-10-20(27(30)31)21(11-19)32-4/h5-11,15-16H,12-14H2,1-4H3,(H,25,29)/t16-/m1/s1. The Kier molecular flexibility index (Phi) is 9.14. The van der Waals surface area contributed by atoms with Gasteiger partial charge < -0.3 is 19.7 Å². The Morgan fingerprint density at radius 2 is 1.82 bits per heavy atom. The first-order chi connectivity index (χ1) is 15.6. The van der Waals surface area contributed by atoms with Crippen LogP contribution in [-0.2, 0) is 16.1 Å². The second-order valence-corrected chi connectivity index (χ2v) is 7.84. The fourth-order valence-electron chi connectivity index (χ4n) is 2.95. The number of nitro groups is 1. The molecule has 0 unspecified atom stereocenters. The first-order valence-electron chi connectivity index (χ1n) is 10.4. The van der Waals surface area contributed by atoms with E-state index in [9.17, 15) is 24.1 Å². The number of hydrogen-bond donors (Lipinski definition) is 1. The monoisotopic (exact) mass is 461 g/mol. The summed E-state index contributed by atoms with van der Waals surface area (Å²) in [5, 5.41) is 13.8. The maximum absolute atomic E-state index is 13.3. The maximum Gasteiger partial charge on any atom is 0.311 e. The summed E-state index contributed by atoms with van der Waals surface area (Å²) in [6.45, 7) is 5.64. The van der Waals surface area contributed by atoms with Crippen LogP contribution in [0.3, 0.4) is 0 Å². The largest absolute Gasteiger partial charge is 0.490 e.